The number of hydrogen-bond donors (Lipinski definition) is 9. The molecule has 2 aliphatic heterocycles. The minimum Gasteiger partial charge on any atom is -0.394 e. The zero-order chi connectivity index (χ0) is 62.3. The lowest BCUT2D eigenvalue weighted by atomic mass is 9.97. The van der Waals surface area contributed by atoms with Crippen molar-refractivity contribution in [2.75, 3.05) is 19.8 Å². The zero-order valence-corrected chi connectivity index (χ0v) is 55.6. The molecule has 14 heteroatoms. The Hall–Kier alpha value is -1.27. The van der Waals surface area contributed by atoms with E-state index in [9.17, 15) is 45.6 Å². The molecule has 510 valence electrons. The zero-order valence-electron chi connectivity index (χ0n) is 55.6. The number of aliphatic hydroxyl groups excluding tert-OH is 8. The molecule has 12 atom stereocenters. The molecular formula is C72H139NO13. The fourth-order valence-electron chi connectivity index (χ4n) is 12.6. The maximum absolute atomic E-state index is 13.4. The quantitative estimate of drug-likeness (QED) is 0.0204. The summed E-state index contributed by atoms with van der Waals surface area (Å²) in [6.45, 7) is 2.93. The molecule has 2 fully saturated rings. The SMILES string of the molecule is CCCCCCCCCC/C=C\CCCCCCCCCCCCCCCCCC(=O)NC(COC1OC(CO)C(OC2OC(CO)C(O)C(O)C2O)C(O)C1O)C(O)CCCCCCCCCCCCCCCCCCCCCCCCCCC. The van der Waals surface area contributed by atoms with E-state index in [0.717, 1.165) is 51.4 Å². The molecule has 2 heterocycles. The summed E-state index contributed by atoms with van der Waals surface area (Å²) in [5.74, 6) is -0.199. The molecule has 0 aromatic carbocycles. The van der Waals surface area contributed by atoms with Gasteiger partial charge in [-0.3, -0.25) is 4.79 Å². The van der Waals surface area contributed by atoms with Crippen molar-refractivity contribution >= 4 is 5.91 Å². The number of unbranched alkanes of at least 4 members (excludes halogenated alkanes) is 47. The molecule has 0 aliphatic carbocycles. The molecule has 0 spiro atoms. The molecule has 2 aliphatic rings. The van der Waals surface area contributed by atoms with Gasteiger partial charge in [-0.15, -0.1) is 0 Å². The summed E-state index contributed by atoms with van der Waals surface area (Å²) in [7, 11) is 0. The van der Waals surface area contributed by atoms with Crippen molar-refractivity contribution in [2.24, 2.45) is 0 Å². The lowest BCUT2D eigenvalue weighted by Crippen LogP contribution is -2.65. The van der Waals surface area contributed by atoms with Crippen molar-refractivity contribution in [1.29, 1.82) is 0 Å². The number of ether oxygens (including phenoxy) is 4. The van der Waals surface area contributed by atoms with E-state index in [2.05, 4.69) is 31.3 Å². The van der Waals surface area contributed by atoms with E-state index in [0.29, 0.717) is 12.8 Å². The summed E-state index contributed by atoms with van der Waals surface area (Å²) in [5.41, 5.74) is 0. The summed E-state index contributed by atoms with van der Waals surface area (Å²) in [4.78, 5) is 13.4. The van der Waals surface area contributed by atoms with Crippen LogP contribution in [0.1, 0.15) is 348 Å². The first kappa shape index (κ1) is 80.8. The molecule has 0 radical (unpaired) electrons. The molecule has 14 nitrogen and oxygen atoms in total. The van der Waals surface area contributed by atoms with Crippen LogP contribution in [0.25, 0.3) is 0 Å². The van der Waals surface area contributed by atoms with Crippen LogP contribution in [0.3, 0.4) is 0 Å². The standard InChI is InChI=1S/C72H139NO13/c1-3-5-7-9-11-13-15-17-19-21-23-25-27-29-30-32-34-36-38-40-42-44-46-48-50-52-54-56-64(77)73-60(59-83-71-69(82)67(80)70(63(58-75)85-71)86-72-68(81)66(79)65(78)62(57-74)84-72)61(76)55-53-51-49-47-45-43-41-39-37-35-33-31-28-26-24-22-20-18-16-14-12-10-8-6-4-2/h21,23,60-63,65-72,74-76,78-82H,3-20,22,24-59H2,1-2H3,(H,73,77)/b23-21-. The first-order chi connectivity index (χ1) is 42.1. The first-order valence-electron chi connectivity index (χ1n) is 36.9. The Labute approximate surface area is 526 Å². The van der Waals surface area contributed by atoms with E-state index in [1.165, 1.54) is 270 Å². The van der Waals surface area contributed by atoms with Crippen molar-refractivity contribution in [1.82, 2.24) is 5.32 Å². The number of aliphatic hydroxyl groups is 8. The number of hydrogen-bond acceptors (Lipinski definition) is 13. The van der Waals surface area contributed by atoms with Gasteiger partial charge in [0, 0.05) is 6.42 Å². The molecule has 0 aromatic heterocycles. The van der Waals surface area contributed by atoms with Crippen LogP contribution in [-0.4, -0.2) is 140 Å². The van der Waals surface area contributed by atoms with E-state index in [1.54, 1.807) is 0 Å². The Balaban J connectivity index is 1.65. The lowest BCUT2D eigenvalue weighted by molar-refractivity contribution is -0.359. The summed E-state index contributed by atoms with van der Waals surface area (Å²) >= 11 is 0. The highest BCUT2D eigenvalue weighted by molar-refractivity contribution is 5.76. The van der Waals surface area contributed by atoms with Crippen LogP contribution >= 0.6 is 0 Å². The largest absolute Gasteiger partial charge is 0.394 e. The molecule has 2 rings (SSSR count). The van der Waals surface area contributed by atoms with Crippen LogP contribution in [0.15, 0.2) is 12.2 Å². The number of nitrogens with one attached hydrogen (secondary N) is 1. The maximum atomic E-state index is 13.4. The summed E-state index contributed by atoms with van der Waals surface area (Å²) < 4.78 is 23.0. The molecule has 2 saturated heterocycles. The topological polar surface area (TPSA) is 228 Å². The van der Waals surface area contributed by atoms with Crippen LogP contribution < -0.4 is 5.32 Å². The smallest absolute Gasteiger partial charge is 0.220 e. The van der Waals surface area contributed by atoms with Gasteiger partial charge in [-0.25, -0.2) is 0 Å². The Morgan fingerprint density at radius 1 is 0.407 bits per heavy atom. The molecule has 9 N–H and O–H groups in total. The number of amides is 1. The highest BCUT2D eigenvalue weighted by Gasteiger charge is 2.51. The highest BCUT2D eigenvalue weighted by Crippen LogP contribution is 2.30. The van der Waals surface area contributed by atoms with Gasteiger partial charge in [-0.05, 0) is 38.5 Å². The lowest BCUT2D eigenvalue weighted by Gasteiger charge is -2.46. The second kappa shape index (κ2) is 57.6. The molecule has 1 amide bonds. The van der Waals surface area contributed by atoms with Gasteiger partial charge in [0.2, 0.25) is 5.91 Å². The van der Waals surface area contributed by atoms with Gasteiger partial charge in [0.15, 0.2) is 12.6 Å². The van der Waals surface area contributed by atoms with Crippen molar-refractivity contribution in [3.8, 4) is 0 Å². The Morgan fingerprint density at radius 2 is 0.733 bits per heavy atom. The number of rotatable bonds is 62. The van der Waals surface area contributed by atoms with E-state index in [1.807, 2.05) is 0 Å². The molecular weight excluding hydrogens is 1090 g/mol. The van der Waals surface area contributed by atoms with Gasteiger partial charge in [-0.1, -0.05) is 315 Å². The number of carbonyl (C=O) groups excluding carboxylic acids is 1. The molecule has 86 heavy (non-hydrogen) atoms. The van der Waals surface area contributed by atoms with Gasteiger partial charge < -0.3 is 65.1 Å². The van der Waals surface area contributed by atoms with Crippen LogP contribution in [0.2, 0.25) is 0 Å². The third-order valence-electron chi connectivity index (χ3n) is 18.5. The third kappa shape index (κ3) is 41.3. The predicted octanol–water partition coefficient (Wildman–Crippen LogP) is 15.4. The fourth-order valence-corrected chi connectivity index (χ4v) is 12.6. The van der Waals surface area contributed by atoms with Crippen LogP contribution in [0, 0.1) is 0 Å². The van der Waals surface area contributed by atoms with Crippen LogP contribution in [-0.2, 0) is 23.7 Å². The minimum atomic E-state index is -1.78. The summed E-state index contributed by atoms with van der Waals surface area (Å²) in [6.07, 6.45) is 53.7. The Morgan fingerprint density at radius 3 is 1.10 bits per heavy atom. The molecule has 12 unspecified atom stereocenters. The average Bonchev–Trinajstić information content (AvgIpc) is 2.53. The molecule has 0 aromatic rings. The van der Waals surface area contributed by atoms with Crippen LogP contribution in [0.5, 0.6) is 0 Å². The van der Waals surface area contributed by atoms with Crippen molar-refractivity contribution in [3.05, 3.63) is 12.2 Å². The van der Waals surface area contributed by atoms with Gasteiger partial charge >= 0.3 is 0 Å². The molecule has 0 saturated carbocycles. The second-order valence-corrected chi connectivity index (χ2v) is 26.4. The van der Waals surface area contributed by atoms with E-state index in [4.69, 9.17) is 18.9 Å². The maximum Gasteiger partial charge on any atom is 0.220 e. The van der Waals surface area contributed by atoms with Gasteiger partial charge in [0.25, 0.3) is 0 Å². The first-order valence-corrected chi connectivity index (χ1v) is 36.9. The van der Waals surface area contributed by atoms with Crippen molar-refractivity contribution in [3.63, 3.8) is 0 Å². The van der Waals surface area contributed by atoms with Gasteiger partial charge in [0.1, 0.15) is 48.8 Å². The Bertz CT molecular complexity index is 1490. The van der Waals surface area contributed by atoms with Crippen molar-refractivity contribution in [2.45, 2.75) is 421 Å². The Kier molecular flexibility index (Phi) is 54.1. The minimum absolute atomic E-state index is 0.199. The molecule has 0 bridgehead atoms. The van der Waals surface area contributed by atoms with Gasteiger partial charge in [-0.2, -0.15) is 0 Å². The van der Waals surface area contributed by atoms with Crippen LogP contribution in [0.4, 0.5) is 0 Å². The van der Waals surface area contributed by atoms with E-state index < -0.39 is 86.8 Å². The second-order valence-electron chi connectivity index (χ2n) is 26.4. The monoisotopic (exact) mass is 1230 g/mol. The highest BCUT2D eigenvalue weighted by atomic mass is 16.7. The predicted molar refractivity (Wildman–Crippen MR) is 351 cm³/mol. The number of carbonyl (C=O) groups is 1. The summed E-state index contributed by atoms with van der Waals surface area (Å²) in [5, 5.41) is 87.7. The number of allylic oxidation sites excluding steroid dienone is 2. The summed E-state index contributed by atoms with van der Waals surface area (Å²) in [6, 6.07) is -0.827. The third-order valence-corrected chi connectivity index (χ3v) is 18.5. The normalized spacial score (nSPS) is 23.4. The van der Waals surface area contributed by atoms with Gasteiger partial charge in [0.05, 0.1) is 32.0 Å². The van der Waals surface area contributed by atoms with E-state index >= 15 is 0 Å². The van der Waals surface area contributed by atoms with E-state index in [-0.39, 0.29) is 12.5 Å². The fraction of sp³-hybridized carbons (Fsp3) is 0.958. The van der Waals surface area contributed by atoms with Crippen molar-refractivity contribution < 1.29 is 64.6 Å². The average molecular weight is 1230 g/mol.